The Morgan fingerprint density at radius 3 is 2.50 bits per heavy atom. The van der Waals surface area contributed by atoms with Crippen molar-refractivity contribution < 1.29 is 0 Å². The molecule has 5 nitrogen and oxygen atoms in total. The van der Waals surface area contributed by atoms with Gasteiger partial charge in [0, 0.05) is 19.0 Å². The minimum Gasteiger partial charge on any atom is -0.370 e. The van der Waals surface area contributed by atoms with Crippen LogP contribution < -0.4 is 16.6 Å². The summed E-state index contributed by atoms with van der Waals surface area (Å²) in [6, 6.07) is 1.87. The number of anilines is 2. The number of rotatable bonds is 10. The lowest BCUT2D eigenvalue weighted by molar-refractivity contribution is 0.472. The zero-order valence-corrected chi connectivity index (χ0v) is 13.1. The minimum absolute atomic E-state index is 0.674. The summed E-state index contributed by atoms with van der Waals surface area (Å²) in [6.45, 7) is 7.57. The van der Waals surface area contributed by atoms with E-state index in [1.54, 1.807) is 0 Å². The third-order valence-corrected chi connectivity index (χ3v) is 3.51. The number of aryl methyl sites for hydroxylation is 1. The molecule has 1 atom stereocenters. The van der Waals surface area contributed by atoms with Crippen LogP contribution in [0.4, 0.5) is 11.6 Å². The van der Waals surface area contributed by atoms with Gasteiger partial charge in [0.05, 0.1) is 0 Å². The standard InChI is InChI=1S/C15H29N5/c1-4-7-9-12(6-3)11-17-14-10-15(20-16)19-13(18-14)8-5-2/h10,12H,4-9,11,16H2,1-3H3,(H2,17,18,19,20). The normalized spacial score (nSPS) is 12.2. The van der Waals surface area contributed by atoms with Crippen molar-refractivity contribution in [1.29, 1.82) is 0 Å². The summed E-state index contributed by atoms with van der Waals surface area (Å²) >= 11 is 0. The first-order valence-corrected chi connectivity index (χ1v) is 7.81. The van der Waals surface area contributed by atoms with E-state index in [1.165, 1.54) is 25.7 Å². The summed E-state index contributed by atoms with van der Waals surface area (Å²) in [5.74, 6) is 8.55. The van der Waals surface area contributed by atoms with Crippen molar-refractivity contribution in [3.63, 3.8) is 0 Å². The van der Waals surface area contributed by atoms with Crippen molar-refractivity contribution in [2.75, 3.05) is 17.3 Å². The van der Waals surface area contributed by atoms with Crippen LogP contribution in [0.5, 0.6) is 0 Å². The fourth-order valence-corrected chi connectivity index (χ4v) is 2.19. The predicted octanol–water partition coefficient (Wildman–Crippen LogP) is 3.34. The molecule has 0 amide bonds. The quantitative estimate of drug-likeness (QED) is 0.452. The summed E-state index contributed by atoms with van der Waals surface area (Å²) in [6.07, 6.45) is 6.92. The van der Waals surface area contributed by atoms with Gasteiger partial charge in [-0.1, -0.05) is 40.0 Å². The molecule has 4 N–H and O–H groups in total. The van der Waals surface area contributed by atoms with E-state index in [0.717, 1.165) is 31.0 Å². The third kappa shape index (κ3) is 5.74. The molecular weight excluding hydrogens is 250 g/mol. The largest absolute Gasteiger partial charge is 0.370 e. The lowest BCUT2D eigenvalue weighted by Gasteiger charge is -2.16. The second-order valence-electron chi connectivity index (χ2n) is 5.25. The highest BCUT2D eigenvalue weighted by Crippen LogP contribution is 2.16. The Labute approximate surface area is 122 Å². The van der Waals surface area contributed by atoms with Crippen LogP contribution in [0.25, 0.3) is 0 Å². The number of hydrazine groups is 1. The van der Waals surface area contributed by atoms with Gasteiger partial charge in [0.1, 0.15) is 17.5 Å². The Balaban J connectivity index is 2.63. The van der Waals surface area contributed by atoms with Gasteiger partial charge in [0.15, 0.2) is 0 Å². The van der Waals surface area contributed by atoms with E-state index in [1.807, 2.05) is 6.07 Å². The van der Waals surface area contributed by atoms with Crippen molar-refractivity contribution >= 4 is 11.6 Å². The molecule has 0 bridgehead atoms. The molecule has 0 spiro atoms. The maximum atomic E-state index is 5.46. The smallest absolute Gasteiger partial charge is 0.145 e. The van der Waals surface area contributed by atoms with Gasteiger partial charge >= 0.3 is 0 Å². The number of aromatic nitrogens is 2. The Morgan fingerprint density at radius 2 is 1.90 bits per heavy atom. The summed E-state index contributed by atoms with van der Waals surface area (Å²) in [5, 5.41) is 3.43. The Kier molecular flexibility index (Phi) is 7.95. The molecule has 5 heteroatoms. The van der Waals surface area contributed by atoms with E-state index in [0.29, 0.717) is 11.7 Å². The number of hydrogen-bond donors (Lipinski definition) is 3. The number of nitrogens with zero attached hydrogens (tertiary/aromatic N) is 2. The molecule has 1 heterocycles. The van der Waals surface area contributed by atoms with Crippen molar-refractivity contribution in [3.8, 4) is 0 Å². The number of nitrogens with two attached hydrogens (primary N) is 1. The van der Waals surface area contributed by atoms with Gasteiger partial charge in [0.25, 0.3) is 0 Å². The molecule has 0 aliphatic heterocycles. The van der Waals surface area contributed by atoms with Crippen LogP contribution in [0.1, 0.15) is 58.7 Å². The van der Waals surface area contributed by atoms with Crippen LogP contribution in [0.15, 0.2) is 6.07 Å². The van der Waals surface area contributed by atoms with E-state index in [-0.39, 0.29) is 0 Å². The van der Waals surface area contributed by atoms with Crippen molar-refractivity contribution in [2.45, 2.75) is 59.3 Å². The predicted molar refractivity (Wildman–Crippen MR) is 85.6 cm³/mol. The molecule has 1 unspecified atom stereocenters. The molecule has 1 aromatic heterocycles. The third-order valence-electron chi connectivity index (χ3n) is 3.51. The van der Waals surface area contributed by atoms with Gasteiger partial charge in [-0.05, 0) is 18.8 Å². The molecule has 0 fully saturated rings. The van der Waals surface area contributed by atoms with E-state index < -0.39 is 0 Å². The lowest BCUT2D eigenvalue weighted by atomic mass is 9.99. The van der Waals surface area contributed by atoms with Crippen LogP contribution in [0.3, 0.4) is 0 Å². The van der Waals surface area contributed by atoms with Crippen molar-refractivity contribution in [1.82, 2.24) is 9.97 Å². The van der Waals surface area contributed by atoms with E-state index >= 15 is 0 Å². The highest BCUT2D eigenvalue weighted by Gasteiger charge is 2.08. The van der Waals surface area contributed by atoms with Gasteiger partial charge in [-0.3, -0.25) is 0 Å². The van der Waals surface area contributed by atoms with Gasteiger partial charge in [-0.25, -0.2) is 15.8 Å². The average Bonchev–Trinajstić information content (AvgIpc) is 2.47. The molecule has 20 heavy (non-hydrogen) atoms. The first-order valence-electron chi connectivity index (χ1n) is 7.81. The molecule has 114 valence electrons. The van der Waals surface area contributed by atoms with Crippen LogP contribution in [0.2, 0.25) is 0 Å². The highest BCUT2D eigenvalue weighted by atomic mass is 15.3. The molecular formula is C15H29N5. The average molecular weight is 279 g/mol. The second kappa shape index (κ2) is 9.53. The summed E-state index contributed by atoms with van der Waals surface area (Å²) in [7, 11) is 0. The first-order chi connectivity index (χ1) is 9.73. The fourth-order valence-electron chi connectivity index (χ4n) is 2.19. The molecule has 0 radical (unpaired) electrons. The Hall–Kier alpha value is -1.36. The molecule has 0 aromatic carbocycles. The number of nitrogens with one attached hydrogen (secondary N) is 2. The van der Waals surface area contributed by atoms with Crippen molar-refractivity contribution in [2.24, 2.45) is 11.8 Å². The number of hydrogen-bond acceptors (Lipinski definition) is 5. The SMILES string of the molecule is CCCCC(CC)CNc1cc(NN)nc(CCC)n1. The molecule has 1 rings (SSSR count). The van der Waals surface area contributed by atoms with E-state index in [9.17, 15) is 0 Å². The highest BCUT2D eigenvalue weighted by molar-refractivity contribution is 5.46. The zero-order chi connectivity index (χ0) is 14.8. The van der Waals surface area contributed by atoms with Gasteiger partial charge in [-0.15, -0.1) is 0 Å². The second-order valence-corrected chi connectivity index (χ2v) is 5.25. The van der Waals surface area contributed by atoms with Crippen molar-refractivity contribution in [3.05, 3.63) is 11.9 Å². The van der Waals surface area contributed by atoms with Crippen LogP contribution in [-0.2, 0) is 6.42 Å². The Morgan fingerprint density at radius 1 is 1.15 bits per heavy atom. The van der Waals surface area contributed by atoms with Gasteiger partial charge in [0.2, 0.25) is 0 Å². The summed E-state index contributed by atoms with van der Waals surface area (Å²) in [5.41, 5.74) is 2.61. The molecule has 0 aliphatic rings. The fraction of sp³-hybridized carbons (Fsp3) is 0.733. The molecule has 1 aromatic rings. The van der Waals surface area contributed by atoms with E-state index in [4.69, 9.17) is 5.84 Å². The van der Waals surface area contributed by atoms with Crippen LogP contribution in [0, 0.1) is 5.92 Å². The maximum absolute atomic E-state index is 5.46. The first kappa shape index (κ1) is 16.7. The molecule has 0 saturated carbocycles. The Bertz CT molecular complexity index is 381. The number of unbranched alkanes of at least 4 members (excludes halogenated alkanes) is 1. The van der Waals surface area contributed by atoms with E-state index in [2.05, 4.69) is 41.5 Å². The van der Waals surface area contributed by atoms with Gasteiger partial charge in [-0.2, -0.15) is 0 Å². The monoisotopic (exact) mass is 279 g/mol. The maximum Gasteiger partial charge on any atom is 0.145 e. The lowest BCUT2D eigenvalue weighted by Crippen LogP contribution is -2.16. The minimum atomic E-state index is 0.674. The summed E-state index contributed by atoms with van der Waals surface area (Å²) < 4.78 is 0. The zero-order valence-electron chi connectivity index (χ0n) is 13.1. The van der Waals surface area contributed by atoms with Crippen LogP contribution >= 0.6 is 0 Å². The topological polar surface area (TPSA) is 75.9 Å². The molecule has 0 saturated heterocycles. The molecule has 0 aliphatic carbocycles. The number of nitrogen functional groups attached to an aromatic ring is 1. The van der Waals surface area contributed by atoms with Gasteiger partial charge < -0.3 is 10.7 Å². The summed E-state index contributed by atoms with van der Waals surface area (Å²) in [4.78, 5) is 8.89. The van der Waals surface area contributed by atoms with Crippen LogP contribution in [-0.4, -0.2) is 16.5 Å².